The van der Waals surface area contributed by atoms with Crippen LogP contribution < -0.4 is 0 Å². The number of aliphatic imine (C=N–C) groups is 1. The van der Waals surface area contributed by atoms with E-state index in [0.29, 0.717) is 11.1 Å². The summed E-state index contributed by atoms with van der Waals surface area (Å²) in [6, 6.07) is 3.47. The van der Waals surface area contributed by atoms with Gasteiger partial charge < -0.3 is 0 Å². The van der Waals surface area contributed by atoms with E-state index in [1.165, 1.54) is 6.08 Å². The molecule has 0 atom stereocenters. The number of halogens is 2. The van der Waals surface area contributed by atoms with Gasteiger partial charge in [0.25, 0.3) is 0 Å². The van der Waals surface area contributed by atoms with E-state index in [1.807, 2.05) is 0 Å². The lowest BCUT2D eigenvalue weighted by atomic mass is 10.0. The molecule has 1 saturated carbocycles. The molecule has 4 heteroatoms. The Morgan fingerprint density at radius 3 is 2.73 bits per heavy atom. The summed E-state index contributed by atoms with van der Waals surface area (Å²) >= 11 is 3.26. The fourth-order valence-corrected chi connectivity index (χ4v) is 1.97. The highest BCUT2D eigenvalue weighted by molar-refractivity contribution is 9.10. The molecule has 1 fully saturated rings. The molecule has 1 aliphatic rings. The Morgan fingerprint density at radius 1 is 1.53 bits per heavy atom. The van der Waals surface area contributed by atoms with Gasteiger partial charge in [0.15, 0.2) is 0 Å². The van der Waals surface area contributed by atoms with E-state index in [-0.39, 0.29) is 5.82 Å². The largest absolute Gasteiger partial charge is 0.235 e. The van der Waals surface area contributed by atoms with Crippen LogP contribution in [-0.4, -0.2) is 6.08 Å². The number of hydrogen-bond acceptors (Lipinski definition) is 2. The predicted molar refractivity (Wildman–Crippen MR) is 57.9 cm³/mol. The number of benzene rings is 1. The zero-order valence-electron chi connectivity index (χ0n) is 8.18. The van der Waals surface area contributed by atoms with Crippen molar-refractivity contribution in [1.29, 1.82) is 0 Å². The molecular weight excluding hydrogens is 261 g/mol. The SMILES string of the molecule is Cc1c(Br)ccc(C2(N=C=O)CC2)c1F. The highest BCUT2D eigenvalue weighted by Gasteiger charge is 2.46. The Kier molecular flexibility index (Phi) is 2.49. The first-order chi connectivity index (χ1) is 7.10. The van der Waals surface area contributed by atoms with Crippen molar-refractivity contribution in [2.45, 2.75) is 25.3 Å². The third kappa shape index (κ3) is 1.64. The van der Waals surface area contributed by atoms with Gasteiger partial charge in [-0.15, -0.1) is 0 Å². The fourth-order valence-electron chi connectivity index (χ4n) is 1.67. The topological polar surface area (TPSA) is 29.4 Å². The van der Waals surface area contributed by atoms with Gasteiger partial charge >= 0.3 is 0 Å². The van der Waals surface area contributed by atoms with Gasteiger partial charge in [-0.25, -0.2) is 9.18 Å². The van der Waals surface area contributed by atoms with Crippen molar-refractivity contribution in [2.75, 3.05) is 0 Å². The van der Waals surface area contributed by atoms with Crippen LogP contribution in [0.1, 0.15) is 24.0 Å². The Morgan fingerprint density at radius 2 is 2.20 bits per heavy atom. The molecule has 2 rings (SSSR count). The van der Waals surface area contributed by atoms with Crippen LogP contribution >= 0.6 is 15.9 Å². The molecule has 0 aromatic heterocycles. The second-order valence-corrected chi connectivity index (χ2v) is 4.62. The maximum absolute atomic E-state index is 13.9. The number of nitrogens with zero attached hydrogens (tertiary/aromatic N) is 1. The average molecular weight is 270 g/mol. The molecule has 15 heavy (non-hydrogen) atoms. The van der Waals surface area contributed by atoms with E-state index in [2.05, 4.69) is 20.9 Å². The lowest BCUT2D eigenvalue weighted by Crippen LogP contribution is -2.07. The number of rotatable bonds is 2. The molecule has 0 unspecified atom stereocenters. The van der Waals surface area contributed by atoms with E-state index in [0.717, 1.165) is 17.3 Å². The van der Waals surface area contributed by atoms with Crippen LogP contribution in [0.15, 0.2) is 21.6 Å². The summed E-state index contributed by atoms with van der Waals surface area (Å²) in [4.78, 5) is 14.0. The van der Waals surface area contributed by atoms with Crippen LogP contribution in [0.2, 0.25) is 0 Å². The Hall–Kier alpha value is -0.990. The first-order valence-corrected chi connectivity index (χ1v) is 5.44. The zero-order chi connectivity index (χ0) is 11.1. The highest BCUT2D eigenvalue weighted by atomic mass is 79.9. The van der Waals surface area contributed by atoms with Crippen molar-refractivity contribution in [3.8, 4) is 0 Å². The number of isocyanates is 1. The van der Waals surface area contributed by atoms with Crippen molar-refractivity contribution in [1.82, 2.24) is 0 Å². The maximum atomic E-state index is 13.9. The molecule has 1 aromatic carbocycles. The van der Waals surface area contributed by atoms with E-state index < -0.39 is 5.54 Å². The summed E-state index contributed by atoms with van der Waals surface area (Å²) in [6.45, 7) is 1.70. The quantitative estimate of drug-likeness (QED) is 0.599. The van der Waals surface area contributed by atoms with Gasteiger partial charge in [-0.05, 0) is 31.4 Å². The Labute approximate surface area is 95.3 Å². The molecule has 0 saturated heterocycles. The third-order valence-electron chi connectivity index (χ3n) is 2.80. The minimum absolute atomic E-state index is 0.277. The first kappa shape index (κ1) is 10.5. The molecule has 0 amide bonds. The normalized spacial score (nSPS) is 17.0. The lowest BCUT2D eigenvalue weighted by molar-refractivity contribution is 0.545. The maximum Gasteiger partial charge on any atom is 0.235 e. The standard InChI is InChI=1S/C11H9BrFNO/c1-7-9(12)3-2-8(10(7)13)11(4-5-11)14-6-15/h2-3H,4-5H2,1H3. The van der Waals surface area contributed by atoms with Crippen molar-refractivity contribution in [3.63, 3.8) is 0 Å². The van der Waals surface area contributed by atoms with Gasteiger partial charge in [0.1, 0.15) is 11.4 Å². The molecule has 0 N–H and O–H groups in total. The van der Waals surface area contributed by atoms with Crippen LogP contribution in [-0.2, 0) is 10.3 Å². The van der Waals surface area contributed by atoms with E-state index >= 15 is 0 Å². The molecule has 0 bridgehead atoms. The van der Waals surface area contributed by atoms with Crippen LogP contribution in [0, 0.1) is 12.7 Å². The summed E-state index contributed by atoms with van der Waals surface area (Å²) in [5.74, 6) is -0.277. The summed E-state index contributed by atoms with van der Waals surface area (Å²) in [7, 11) is 0. The molecule has 1 aromatic rings. The lowest BCUT2D eigenvalue weighted by Gasteiger charge is -2.11. The zero-order valence-corrected chi connectivity index (χ0v) is 9.77. The minimum Gasteiger partial charge on any atom is -0.211 e. The van der Waals surface area contributed by atoms with Gasteiger partial charge in [0.05, 0.1) is 0 Å². The smallest absolute Gasteiger partial charge is 0.211 e. The van der Waals surface area contributed by atoms with Crippen molar-refractivity contribution >= 4 is 22.0 Å². The summed E-state index contributed by atoms with van der Waals surface area (Å²) in [6.07, 6.45) is 2.97. The molecule has 78 valence electrons. The molecule has 1 aliphatic carbocycles. The molecular formula is C11H9BrFNO. The minimum atomic E-state index is -0.628. The second-order valence-electron chi connectivity index (χ2n) is 3.77. The Balaban J connectivity index is 2.55. The predicted octanol–water partition coefficient (Wildman–Crippen LogP) is 3.22. The van der Waals surface area contributed by atoms with Crippen LogP contribution in [0.3, 0.4) is 0 Å². The van der Waals surface area contributed by atoms with Gasteiger partial charge in [-0.2, -0.15) is 4.99 Å². The van der Waals surface area contributed by atoms with Crippen molar-refractivity contribution < 1.29 is 9.18 Å². The van der Waals surface area contributed by atoms with E-state index in [1.54, 1.807) is 19.1 Å². The van der Waals surface area contributed by atoms with Gasteiger partial charge in [-0.3, -0.25) is 0 Å². The van der Waals surface area contributed by atoms with Crippen LogP contribution in [0.4, 0.5) is 4.39 Å². The van der Waals surface area contributed by atoms with Gasteiger partial charge in [0.2, 0.25) is 6.08 Å². The van der Waals surface area contributed by atoms with Crippen LogP contribution in [0.25, 0.3) is 0 Å². The monoisotopic (exact) mass is 269 g/mol. The summed E-state index contributed by atoms with van der Waals surface area (Å²) in [5, 5.41) is 0. The first-order valence-electron chi connectivity index (χ1n) is 4.65. The van der Waals surface area contributed by atoms with E-state index in [4.69, 9.17) is 0 Å². The third-order valence-corrected chi connectivity index (χ3v) is 3.66. The van der Waals surface area contributed by atoms with Gasteiger partial charge in [0, 0.05) is 10.0 Å². The second kappa shape index (κ2) is 3.54. The summed E-state index contributed by atoms with van der Waals surface area (Å²) < 4.78 is 14.6. The van der Waals surface area contributed by atoms with Crippen molar-refractivity contribution in [2.24, 2.45) is 4.99 Å². The number of carbonyl (C=O) groups excluding carboxylic acids is 1. The molecule has 0 radical (unpaired) electrons. The average Bonchev–Trinajstić information content (AvgIpc) is 2.96. The van der Waals surface area contributed by atoms with Crippen LogP contribution in [0.5, 0.6) is 0 Å². The highest BCUT2D eigenvalue weighted by Crippen LogP contribution is 2.50. The molecule has 0 spiro atoms. The molecule has 0 aliphatic heterocycles. The summed E-state index contributed by atoms with van der Waals surface area (Å²) in [5.41, 5.74) is 0.434. The van der Waals surface area contributed by atoms with Crippen molar-refractivity contribution in [3.05, 3.63) is 33.5 Å². The van der Waals surface area contributed by atoms with Gasteiger partial charge in [-0.1, -0.05) is 22.0 Å². The number of hydrogen-bond donors (Lipinski definition) is 0. The molecule has 2 nitrogen and oxygen atoms in total. The van der Waals surface area contributed by atoms with E-state index in [9.17, 15) is 9.18 Å². The fraction of sp³-hybridized carbons (Fsp3) is 0.364. The molecule has 0 heterocycles. The Bertz CT molecular complexity index is 462.